The molecule has 1 N–H and O–H groups in total. The molecule has 1 heterocycles. The molecule has 0 fully saturated rings. The third kappa shape index (κ3) is 2.10. The second-order valence-electron chi connectivity index (χ2n) is 3.43. The number of benzene rings is 1. The summed E-state index contributed by atoms with van der Waals surface area (Å²) in [7, 11) is 3.12. The van der Waals surface area contributed by atoms with Crippen molar-refractivity contribution in [2.24, 2.45) is 0 Å². The van der Waals surface area contributed by atoms with Crippen LogP contribution < -0.4 is 5.32 Å². The molecule has 0 unspecified atom stereocenters. The molecule has 2 rings (SSSR count). The van der Waals surface area contributed by atoms with Crippen LogP contribution in [0.15, 0.2) is 28.7 Å². The fourth-order valence-corrected chi connectivity index (χ4v) is 2.08. The van der Waals surface area contributed by atoms with Crippen molar-refractivity contribution >= 4 is 38.6 Å². The van der Waals surface area contributed by atoms with Gasteiger partial charge in [0.25, 0.3) is 0 Å². The number of pyridine rings is 1. The minimum absolute atomic E-state index is 0.369. The first-order chi connectivity index (χ1) is 8.17. The Labute approximate surface area is 107 Å². The summed E-state index contributed by atoms with van der Waals surface area (Å²) in [5.74, 6) is 0.261. The van der Waals surface area contributed by atoms with E-state index in [1.54, 1.807) is 13.1 Å². The molecule has 1 aromatic heterocycles. The number of methoxy groups -OCH3 is 1. The summed E-state index contributed by atoms with van der Waals surface area (Å²) < 4.78 is 5.62. The number of hydrogen-bond acceptors (Lipinski definition) is 4. The zero-order chi connectivity index (χ0) is 12.4. The van der Waals surface area contributed by atoms with Gasteiger partial charge in [-0.1, -0.05) is 12.1 Å². The maximum atomic E-state index is 11.7. The van der Waals surface area contributed by atoms with Gasteiger partial charge < -0.3 is 10.1 Å². The summed E-state index contributed by atoms with van der Waals surface area (Å²) in [5, 5.41) is 3.69. The molecule has 0 saturated carbocycles. The highest BCUT2D eigenvalue weighted by molar-refractivity contribution is 9.10. The van der Waals surface area contributed by atoms with Gasteiger partial charge in [-0.2, -0.15) is 0 Å². The molecule has 17 heavy (non-hydrogen) atoms. The van der Waals surface area contributed by atoms with Gasteiger partial charge in [-0.25, -0.2) is 9.78 Å². The van der Waals surface area contributed by atoms with E-state index >= 15 is 0 Å². The summed E-state index contributed by atoms with van der Waals surface area (Å²) >= 11 is 3.42. The van der Waals surface area contributed by atoms with Gasteiger partial charge in [0.1, 0.15) is 5.82 Å². The highest BCUT2D eigenvalue weighted by atomic mass is 79.9. The van der Waals surface area contributed by atoms with Crippen LogP contribution in [0.1, 0.15) is 10.4 Å². The van der Waals surface area contributed by atoms with Crippen molar-refractivity contribution < 1.29 is 9.53 Å². The van der Waals surface area contributed by atoms with Crippen molar-refractivity contribution in [3.05, 3.63) is 34.3 Å². The number of nitrogens with one attached hydrogen (secondary N) is 1. The van der Waals surface area contributed by atoms with Crippen LogP contribution in [0.3, 0.4) is 0 Å². The van der Waals surface area contributed by atoms with Crippen molar-refractivity contribution in [3.63, 3.8) is 0 Å². The van der Waals surface area contributed by atoms with E-state index in [0.717, 1.165) is 15.4 Å². The molecule has 88 valence electrons. The van der Waals surface area contributed by atoms with Crippen LogP contribution in [0.2, 0.25) is 0 Å². The molecular formula is C12H11BrN2O2. The van der Waals surface area contributed by atoms with Crippen molar-refractivity contribution in [1.82, 2.24) is 4.98 Å². The molecule has 0 amide bonds. The number of ether oxygens (including phenoxy) is 1. The topological polar surface area (TPSA) is 51.2 Å². The van der Waals surface area contributed by atoms with E-state index in [2.05, 4.69) is 26.2 Å². The first kappa shape index (κ1) is 11.9. The van der Waals surface area contributed by atoms with Crippen LogP contribution in [0.5, 0.6) is 0 Å². The monoisotopic (exact) mass is 294 g/mol. The number of halogens is 1. The third-order valence-electron chi connectivity index (χ3n) is 2.45. The zero-order valence-electron chi connectivity index (χ0n) is 9.45. The summed E-state index contributed by atoms with van der Waals surface area (Å²) in [6, 6.07) is 7.27. The normalized spacial score (nSPS) is 10.3. The Morgan fingerprint density at radius 2 is 2.24 bits per heavy atom. The predicted octanol–water partition coefficient (Wildman–Crippen LogP) is 2.83. The molecule has 1 aromatic carbocycles. The SMILES string of the molecule is CNc1cc(C(=O)OC)c2cccc(Br)c2n1. The van der Waals surface area contributed by atoms with Gasteiger partial charge >= 0.3 is 5.97 Å². The maximum absolute atomic E-state index is 11.7. The molecule has 2 aromatic rings. The standard InChI is InChI=1S/C12H11BrN2O2/c1-14-10-6-8(12(16)17-2)7-4-3-5-9(13)11(7)15-10/h3-6H,1-2H3,(H,14,15). The molecule has 0 aliphatic rings. The summed E-state index contributed by atoms with van der Waals surface area (Å²) in [6.07, 6.45) is 0. The molecular weight excluding hydrogens is 284 g/mol. The first-order valence-corrected chi connectivity index (χ1v) is 5.82. The zero-order valence-corrected chi connectivity index (χ0v) is 11.0. The number of para-hydroxylation sites is 1. The van der Waals surface area contributed by atoms with Crippen LogP contribution in [-0.2, 0) is 4.74 Å². The second-order valence-corrected chi connectivity index (χ2v) is 4.29. The largest absolute Gasteiger partial charge is 0.465 e. The highest BCUT2D eigenvalue weighted by Gasteiger charge is 2.14. The molecule has 0 radical (unpaired) electrons. The minimum Gasteiger partial charge on any atom is -0.465 e. The highest BCUT2D eigenvalue weighted by Crippen LogP contribution is 2.27. The minimum atomic E-state index is -0.369. The smallest absolute Gasteiger partial charge is 0.338 e. The van der Waals surface area contributed by atoms with Gasteiger partial charge in [-0.05, 0) is 28.1 Å². The van der Waals surface area contributed by atoms with Crippen LogP contribution in [-0.4, -0.2) is 25.1 Å². The summed E-state index contributed by atoms with van der Waals surface area (Å²) in [6.45, 7) is 0. The fraction of sp³-hybridized carbons (Fsp3) is 0.167. The van der Waals surface area contributed by atoms with Crippen LogP contribution in [0, 0.1) is 0 Å². The number of hydrogen-bond donors (Lipinski definition) is 1. The van der Waals surface area contributed by atoms with Crippen molar-refractivity contribution in [2.45, 2.75) is 0 Å². The molecule has 0 aliphatic heterocycles. The van der Waals surface area contributed by atoms with Crippen molar-refractivity contribution in [2.75, 3.05) is 19.5 Å². The second kappa shape index (κ2) is 4.71. The lowest BCUT2D eigenvalue weighted by atomic mass is 10.1. The predicted molar refractivity (Wildman–Crippen MR) is 70.3 cm³/mol. The quantitative estimate of drug-likeness (QED) is 0.866. The Balaban J connectivity index is 2.80. The molecule has 0 aliphatic carbocycles. The van der Waals surface area contributed by atoms with E-state index in [9.17, 15) is 4.79 Å². The number of aromatic nitrogens is 1. The number of anilines is 1. The van der Waals surface area contributed by atoms with E-state index in [1.165, 1.54) is 7.11 Å². The molecule has 0 bridgehead atoms. The Morgan fingerprint density at radius 3 is 2.88 bits per heavy atom. The van der Waals surface area contributed by atoms with E-state index in [0.29, 0.717) is 11.4 Å². The maximum Gasteiger partial charge on any atom is 0.338 e. The Kier molecular flexibility index (Phi) is 3.28. The number of fused-ring (bicyclic) bond motifs is 1. The molecule has 0 saturated heterocycles. The molecule has 0 spiro atoms. The lowest BCUT2D eigenvalue weighted by molar-refractivity contribution is 0.0603. The van der Waals surface area contributed by atoms with Gasteiger partial charge in [0.2, 0.25) is 0 Å². The number of esters is 1. The molecule has 4 nitrogen and oxygen atoms in total. The van der Waals surface area contributed by atoms with Gasteiger partial charge in [0.15, 0.2) is 0 Å². The van der Waals surface area contributed by atoms with E-state index < -0.39 is 0 Å². The average molecular weight is 295 g/mol. The van der Waals surface area contributed by atoms with Crippen LogP contribution in [0.4, 0.5) is 5.82 Å². The Bertz CT molecular complexity index is 584. The summed E-state index contributed by atoms with van der Waals surface area (Å²) in [5.41, 5.74) is 1.24. The Hall–Kier alpha value is -1.62. The number of carbonyl (C=O) groups is 1. The number of nitrogens with zero attached hydrogens (tertiary/aromatic N) is 1. The van der Waals surface area contributed by atoms with E-state index in [4.69, 9.17) is 4.74 Å². The van der Waals surface area contributed by atoms with Gasteiger partial charge in [0.05, 0.1) is 18.2 Å². The Morgan fingerprint density at radius 1 is 1.47 bits per heavy atom. The first-order valence-electron chi connectivity index (χ1n) is 5.02. The number of rotatable bonds is 2. The lowest BCUT2D eigenvalue weighted by Gasteiger charge is -2.08. The lowest BCUT2D eigenvalue weighted by Crippen LogP contribution is -2.05. The van der Waals surface area contributed by atoms with Crippen molar-refractivity contribution in [1.29, 1.82) is 0 Å². The fourth-order valence-electron chi connectivity index (χ4n) is 1.62. The average Bonchev–Trinajstić information content (AvgIpc) is 2.37. The van der Waals surface area contributed by atoms with Gasteiger partial charge in [0, 0.05) is 16.9 Å². The van der Waals surface area contributed by atoms with E-state index in [1.807, 2.05) is 18.2 Å². The molecule has 0 atom stereocenters. The van der Waals surface area contributed by atoms with Crippen molar-refractivity contribution in [3.8, 4) is 0 Å². The van der Waals surface area contributed by atoms with E-state index in [-0.39, 0.29) is 5.97 Å². The van der Waals surface area contributed by atoms with Gasteiger partial charge in [-0.15, -0.1) is 0 Å². The summed E-state index contributed by atoms with van der Waals surface area (Å²) in [4.78, 5) is 16.1. The number of carbonyl (C=O) groups excluding carboxylic acids is 1. The molecule has 5 heteroatoms. The van der Waals surface area contributed by atoms with Gasteiger partial charge in [-0.3, -0.25) is 0 Å². The van der Waals surface area contributed by atoms with Crippen LogP contribution in [0.25, 0.3) is 10.9 Å². The van der Waals surface area contributed by atoms with Crippen LogP contribution >= 0.6 is 15.9 Å². The third-order valence-corrected chi connectivity index (χ3v) is 3.09.